The van der Waals surface area contributed by atoms with Gasteiger partial charge in [0.1, 0.15) is 6.29 Å². The van der Waals surface area contributed by atoms with Gasteiger partial charge in [-0.2, -0.15) is 0 Å². The van der Waals surface area contributed by atoms with E-state index in [4.69, 9.17) is 0 Å². The van der Waals surface area contributed by atoms with Gasteiger partial charge >= 0.3 is 0 Å². The third kappa shape index (κ3) is 1.31. The normalized spacial score (nSPS) is 10.2. The maximum absolute atomic E-state index is 10.6. The maximum atomic E-state index is 10.6. The van der Waals surface area contributed by atoms with Crippen molar-refractivity contribution < 1.29 is 4.79 Å². The Morgan fingerprint density at radius 3 is 3.00 bits per heavy atom. The number of benzene rings is 1. The zero-order valence-corrected chi connectivity index (χ0v) is 7.32. The lowest BCUT2D eigenvalue weighted by Crippen LogP contribution is -1.87. The summed E-state index contributed by atoms with van der Waals surface area (Å²) in [7, 11) is 0. The number of hydrogen-bond acceptors (Lipinski definition) is 2. The van der Waals surface area contributed by atoms with Gasteiger partial charge in [0, 0.05) is 17.1 Å². The van der Waals surface area contributed by atoms with Crippen molar-refractivity contribution in [3.63, 3.8) is 0 Å². The fourth-order valence-electron chi connectivity index (χ4n) is 1.38. The largest absolute Gasteiger partial charge is 0.298 e. The molecule has 0 atom stereocenters. The Labute approximate surface area is 76.2 Å². The number of hydrogen-bond donors (Lipinski definition) is 0. The Morgan fingerprint density at radius 1 is 1.38 bits per heavy atom. The highest BCUT2D eigenvalue weighted by Gasteiger charge is 1.99. The number of aromatic nitrogens is 1. The van der Waals surface area contributed by atoms with Gasteiger partial charge in [0.2, 0.25) is 0 Å². The number of carbonyl (C=O) groups is 1. The van der Waals surface area contributed by atoms with Gasteiger partial charge in [0.25, 0.3) is 0 Å². The van der Waals surface area contributed by atoms with Crippen molar-refractivity contribution in [1.82, 2.24) is 4.98 Å². The molecular weight excluding hydrogens is 162 g/mol. The molecule has 0 N–H and O–H groups in total. The molecule has 0 radical (unpaired) electrons. The molecule has 13 heavy (non-hydrogen) atoms. The first kappa shape index (κ1) is 7.92. The van der Waals surface area contributed by atoms with E-state index in [-0.39, 0.29) is 0 Å². The Balaban J connectivity index is 2.81. The fourth-order valence-corrected chi connectivity index (χ4v) is 1.38. The zero-order chi connectivity index (χ0) is 9.26. The van der Waals surface area contributed by atoms with Gasteiger partial charge in [0.15, 0.2) is 0 Å². The summed E-state index contributed by atoms with van der Waals surface area (Å²) in [5.74, 6) is 0. The minimum absolute atomic E-state index is 0.714. The van der Waals surface area contributed by atoms with Gasteiger partial charge in [-0.05, 0) is 30.7 Å². The van der Waals surface area contributed by atoms with E-state index in [1.807, 2.05) is 31.2 Å². The topological polar surface area (TPSA) is 30.0 Å². The van der Waals surface area contributed by atoms with Crippen LogP contribution in [0, 0.1) is 6.92 Å². The first-order valence-corrected chi connectivity index (χ1v) is 4.12. The predicted octanol–water partition coefficient (Wildman–Crippen LogP) is 2.36. The van der Waals surface area contributed by atoms with Gasteiger partial charge in [0.05, 0.1) is 5.52 Å². The second-order valence-electron chi connectivity index (χ2n) is 3.02. The number of aryl methyl sites for hydroxylation is 1. The molecule has 0 fully saturated rings. The van der Waals surface area contributed by atoms with Crippen LogP contribution < -0.4 is 0 Å². The van der Waals surface area contributed by atoms with E-state index in [0.717, 1.165) is 22.8 Å². The molecule has 0 aliphatic carbocycles. The zero-order valence-electron chi connectivity index (χ0n) is 7.32. The summed E-state index contributed by atoms with van der Waals surface area (Å²) in [4.78, 5) is 14.8. The van der Waals surface area contributed by atoms with Gasteiger partial charge in [-0.1, -0.05) is 6.07 Å². The molecule has 2 heteroatoms. The molecule has 2 nitrogen and oxygen atoms in total. The van der Waals surface area contributed by atoms with E-state index in [1.54, 1.807) is 6.20 Å². The van der Waals surface area contributed by atoms with Crippen LogP contribution in [0.2, 0.25) is 0 Å². The van der Waals surface area contributed by atoms with Gasteiger partial charge in [-0.25, -0.2) is 0 Å². The predicted molar refractivity (Wildman–Crippen MR) is 51.9 cm³/mol. The first-order chi connectivity index (χ1) is 6.31. The Hall–Kier alpha value is -1.70. The summed E-state index contributed by atoms with van der Waals surface area (Å²) in [6.07, 6.45) is 2.59. The molecule has 0 saturated heterocycles. The van der Waals surface area contributed by atoms with Crippen molar-refractivity contribution >= 4 is 17.2 Å². The Bertz CT molecular complexity index is 463. The standard InChI is InChI=1S/C11H9NO/c1-8-5-9-3-2-4-12-11(9)6-10(8)7-13/h2-7H,1H3. The van der Waals surface area contributed by atoms with Crippen molar-refractivity contribution in [2.75, 3.05) is 0 Å². The first-order valence-electron chi connectivity index (χ1n) is 4.12. The molecule has 2 aromatic rings. The van der Waals surface area contributed by atoms with Crippen LogP contribution in [-0.2, 0) is 0 Å². The quantitative estimate of drug-likeness (QED) is 0.616. The number of rotatable bonds is 1. The third-order valence-corrected chi connectivity index (χ3v) is 2.12. The highest BCUT2D eigenvalue weighted by Crippen LogP contribution is 2.15. The van der Waals surface area contributed by atoms with Crippen molar-refractivity contribution in [2.45, 2.75) is 6.92 Å². The summed E-state index contributed by atoms with van der Waals surface area (Å²) >= 11 is 0. The second-order valence-corrected chi connectivity index (χ2v) is 3.02. The molecule has 1 heterocycles. The molecule has 0 spiro atoms. The van der Waals surface area contributed by atoms with Crippen molar-refractivity contribution in [2.24, 2.45) is 0 Å². The number of fused-ring (bicyclic) bond motifs is 1. The molecule has 1 aromatic heterocycles. The van der Waals surface area contributed by atoms with E-state index >= 15 is 0 Å². The molecule has 0 saturated carbocycles. The molecule has 64 valence electrons. The average Bonchev–Trinajstić information content (AvgIpc) is 2.17. The minimum Gasteiger partial charge on any atom is -0.298 e. The summed E-state index contributed by atoms with van der Waals surface area (Å²) in [6, 6.07) is 7.68. The van der Waals surface area contributed by atoms with Crippen LogP contribution in [0.1, 0.15) is 15.9 Å². The smallest absolute Gasteiger partial charge is 0.150 e. The van der Waals surface area contributed by atoms with E-state index in [1.165, 1.54) is 0 Å². The van der Waals surface area contributed by atoms with Crippen molar-refractivity contribution in [3.05, 3.63) is 41.6 Å². The van der Waals surface area contributed by atoms with Crippen LogP contribution in [0.4, 0.5) is 0 Å². The van der Waals surface area contributed by atoms with Crippen molar-refractivity contribution in [1.29, 1.82) is 0 Å². The van der Waals surface area contributed by atoms with E-state index in [2.05, 4.69) is 4.98 Å². The van der Waals surface area contributed by atoms with Crippen molar-refractivity contribution in [3.8, 4) is 0 Å². The number of aldehydes is 1. The van der Waals surface area contributed by atoms with Gasteiger partial charge in [-0.15, -0.1) is 0 Å². The van der Waals surface area contributed by atoms with Crippen LogP contribution >= 0.6 is 0 Å². The SMILES string of the molecule is Cc1cc2cccnc2cc1C=O. The maximum Gasteiger partial charge on any atom is 0.150 e. The highest BCUT2D eigenvalue weighted by molar-refractivity contribution is 5.88. The van der Waals surface area contributed by atoms with Crippen LogP contribution in [0.3, 0.4) is 0 Å². The highest BCUT2D eigenvalue weighted by atomic mass is 16.1. The molecule has 1 aromatic carbocycles. The van der Waals surface area contributed by atoms with Gasteiger partial charge < -0.3 is 0 Å². The Kier molecular flexibility index (Phi) is 1.81. The summed E-state index contributed by atoms with van der Waals surface area (Å²) in [5.41, 5.74) is 2.58. The minimum atomic E-state index is 0.714. The van der Waals surface area contributed by atoms with Crippen LogP contribution in [0.15, 0.2) is 30.5 Å². The van der Waals surface area contributed by atoms with Crippen LogP contribution in [0.25, 0.3) is 10.9 Å². The summed E-state index contributed by atoms with van der Waals surface area (Å²) in [6.45, 7) is 1.93. The molecule has 0 bridgehead atoms. The monoisotopic (exact) mass is 171 g/mol. The fraction of sp³-hybridized carbons (Fsp3) is 0.0909. The molecule has 0 amide bonds. The molecule has 0 aliphatic rings. The molecule has 0 aliphatic heterocycles. The average molecular weight is 171 g/mol. The molecular formula is C11H9NO. The lowest BCUT2D eigenvalue weighted by atomic mass is 10.1. The van der Waals surface area contributed by atoms with Crippen LogP contribution in [-0.4, -0.2) is 11.3 Å². The summed E-state index contributed by atoms with van der Waals surface area (Å²) in [5, 5.41) is 1.07. The summed E-state index contributed by atoms with van der Waals surface area (Å²) < 4.78 is 0. The number of pyridine rings is 1. The molecule has 2 rings (SSSR count). The van der Waals surface area contributed by atoms with Crippen LogP contribution in [0.5, 0.6) is 0 Å². The lowest BCUT2D eigenvalue weighted by Gasteiger charge is -2.00. The molecule has 0 unspecified atom stereocenters. The van der Waals surface area contributed by atoms with E-state index in [0.29, 0.717) is 5.56 Å². The van der Waals surface area contributed by atoms with Gasteiger partial charge in [-0.3, -0.25) is 9.78 Å². The number of carbonyl (C=O) groups excluding carboxylic acids is 1. The number of nitrogens with zero attached hydrogens (tertiary/aromatic N) is 1. The van der Waals surface area contributed by atoms with E-state index < -0.39 is 0 Å². The Morgan fingerprint density at radius 2 is 2.23 bits per heavy atom. The van der Waals surface area contributed by atoms with E-state index in [9.17, 15) is 4.79 Å². The lowest BCUT2D eigenvalue weighted by molar-refractivity contribution is 0.112. The second kappa shape index (κ2) is 2.98. The third-order valence-electron chi connectivity index (χ3n) is 2.12.